The van der Waals surface area contributed by atoms with Crippen molar-refractivity contribution in [1.29, 1.82) is 0 Å². The Balaban J connectivity index is 2.44. The molecule has 0 saturated carbocycles. The molecule has 16 heavy (non-hydrogen) atoms. The predicted molar refractivity (Wildman–Crippen MR) is 65.3 cm³/mol. The van der Waals surface area contributed by atoms with Gasteiger partial charge in [0.25, 0.3) is 0 Å². The van der Waals surface area contributed by atoms with Crippen molar-refractivity contribution in [3.63, 3.8) is 0 Å². The van der Waals surface area contributed by atoms with E-state index in [1.807, 2.05) is 24.3 Å². The molecule has 0 fully saturated rings. The minimum Gasteiger partial charge on any atom is -0.508 e. The monoisotopic (exact) mass is 210 g/mol. The summed E-state index contributed by atoms with van der Waals surface area (Å²) < 4.78 is 0. The molecule has 0 saturated heterocycles. The maximum atomic E-state index is 9.40. The van der Waals surface area contributed by atoms with Crippen LogP contribution in [0.3, 0.4) is 0 Å². The predicted octanol–water partition coefficient (Wildman–Crippen LogP) is 2.68. The van der Waals surface area contributed by atoms with E-state index < -0.39 is 0 Å². The van der Waals surface area contributed by atoms with Crippen LogP contribution < -0.4 is 5.73 Å². The summed E-state index contributed by atoms with van der Waals surface area (Å²) in [7, 11) is 0. The van der Waals surface area contributed by atoms with Crippen molar-refractivity contribution >= 4 is 27.5 Å². The lowest BCUT2D eigenvalue weighted by Crippen LogP contribution is -1.86. The fraction of sp³-hybridized carbons (Fsp3) is 0. The fourth-order valence-corrected chi connectivity index (χ4v) is 1.84. The highest BCUT2D eigenvalue weighted by molar-refractivity contribution is 5.94. The second-order valence-corrected chi connectivity index (χ2v) is 3.82. The average Bonchev–Trinajstić information content (AvgIpc) is 2.26. The molecule has 0 bridgehead atoms. The van der Waals surface area contributed by atoms with Crippen molar-refractivity contribution in [2.45, 2.75) is 0 Å². The number of aromatic nitrogens is 1. The molecule has 0 aliphatic rings. The summed E-state index contributed by atoms with van der Waals surface area (Å²) in [6.45, 7) is 0. The van der Waals surface area contributed by atoms with Crippen molar-refractivity contribution in [3.05, 3.63) is 42.5 Å². The number of rotatable bonds is 0. The van der Waals surface area contributed by atoms with Gasteiger partial charge in [-0.1, -0.05) is 6.07 Å². The minimum atomic E-state index is 0.254. The van der Waals surface area contributed by atoms with Crippen LogP contribution in [-0.2, 0) is 0 Å². The van der Waals surface area contributed by atoms with E-state index >= 15 is 0 Å². The smallest absolute Gasteiger partial charge is 0.116 e. The van der Waals surface area contributed by atoms with Crippen molar-refractivity contribution < 1.29 is 5.11 Å². The summed E-state index contributed by atoms with van der Waals surface area (Å²) in [6.07, 6.45) is 0. The Hall–Kier alpha value is -2.29. The first-order valence-electron chi connectivity index (χ1n) is 5.01. The number of phenols is 1. The third-order valence-corrected chi connectivity index (χ3v) is 2.62. The van der Waals surface area contributed by atoms with Gasteiger partial charge >= 0.3 is 0 Å². The summed E-state index contributed by atoms with van der Waals surface area (Å²) in [6, 6.07) is 12.8. The zero-order valence-corrected chi connectivity index (χ0v) is 8.51. The lowest BCUT2D eigenvalue weighted by Gasteiger charge is -2.02. The Morgan fingerprint density at radius 1 is 0.875 bits per heavy atom. The van der Waals surface area contributed by atoms with E-state index in [4.69, 9.17) is 5.73 Å². The highest BCUT2D eigenvalue weighted by Crippen LogP contribution is 2.24. The number of pyridine rings is 1. The lowest BCUT2D eigenvalue weighted by atomic mass is 10.1. The van der Waals surface area contributed by atoms with Crippen LogP contribution in [0.1, 0.15) is 0 Å². The molecule has 0 radical (unpaired) electrons. The van der Waals surface area contributed by atoms with Crippen molar-refractivity contribution in [3.8, 4) is 5.75 Å². The van der Waals surface area contributed by atoms with Crippen LogP contribution in [0.15, 0.2) is 42.5 Å². The SMILES string of the molecule is Nc1ccc2cc3cc(O)ccc3nc2c1. The molecule has 3 aromatic rings. The Morgan fingerprint density at radius 3 is 2.62 bits per heavy atom. The van der Waals surface area contributed by atoms with Gasteiger partial charge in [-0.15, -0.1) is 0 Å². The largest absolute Gasteiger partial charge is 0.508 e. The second kappa shape index (κ2) is 3.10. The van der Waals surface area contributed by atoms with Crippen LogP contribution in [0.5, 0.6) is 5.75 Å². The first kappa shape index (κ1) is 8.97. The highest BCUT2D eigenvalue weighted by Gasteiger charge is 2.00. The molecule has 2 aromatic carbocycles. The first-order valence-corrected chi connectivity index (χ1v) is 5.01. The van der Waals surface area contributed by atoms with Gasteiger partial charge in [-0.25, -0.2) is 4.98 Å². The molecule has 3 heteroatoms. The highest BCUT2D eigenvalue weighted by atomic mass is 16.3. The molecular formula is C13H10N2O. The van der Waals surface area contributed by atoms with E-state index in [-0.39, 0.29) is 5.75 Å². The number of phenolic OH excluding ortho intramolecular Hbond substituents is 1. The van der Waals surface area contributed by atoms with Crippen molar-refractivity contribution in [2.75, 3.05) is 5.73 Å². The van der Waals surface area contributed by atoms with Crippen molar-refractivity contribution in [2.24, 2.45) is 0 Å². The molecule has 0 aliphatic carbocycles. The van der Waals surface area contributed by atoms with Gasteiger partial charge in [0.05, 0.1) is 11.0 Å². The summed E-state index contributed by atoms with van der Waals surface area (Å²) in [5, 5.41) is 11.3. The van der Waals surface area contributed by atoms with E-state index in [0.29, 0.717) is 5.69 Å². The van der Waals surface area contributed by atoms with Gasteiger partial charge < -0.3 is 10.8 Å². The molecule has 0 atom stereocenters. The maximum absolute atomic E-state index is 9.40. The third kappa shape index (κ3) is 1.34. The Morgan fingerprint density at radius 2 is 1.75 bits per heavy atom. The van der Waals surface area contributed by atoms with Gasteiger partial charge in [0, 0.05) is 16.5 Å². The zero-order valence-electron chi connectivity index (χ0n) is 8.51. The van der Waals surface area contributed by atoms with E-state index in [0.717, 1.165) is 21.8 Å². The fourth-order valence-electron chi connectivity index (χ4n) is 1.84. The van der Waals surface area contributed by atoms with Gasteiger partial charge in [0.1, 0.15) is 5.75 Å². The van der Waals surface area contributed by atoms with E-state index in [2.05, 4.69) is 4.98 Å². The molecule has 3 N–H and O–H groups in total. The van der Waals surface area contributed by atoms with Gasteiger partial charge in [-0.05, 0) is 36.4 Å². The number of nitrogens with zero attached hydrogens (tertiary/aromatic N) is 1. The number of hydrogen-bond donors (Lipinski definition) is 2. The first-order chi connectivity index (χ1) is 7.72. The number of nitrogens with two attached hydrogens (primary N) is 1. The summed E-state index contributed by atoms with van der Waals surface area (Å²) >= 11 is 0. The van der Waals surface area contributed by atoms with Crippen LogP contribution in [0.2, 0.25) is 0 Å². The van der Waals surface area contributed by atoms with Gasteiger partial charge in [0.15, 0.2) is 0 Å². The van der Waals surface area contributed by atoms with Crippen molar-refractivity contribution in [1.82, 2.24) is 4.98 Å². The molecule has 78 valence electrons. The normalized spacial score (nSPS) is 11.0. The Bertz CT molecular complexity index is 630. The molecule has 3 rings (SSSR count). The standard InChI is InChI=1S/C13H10N2O/c14-10-2-1-8-5-9-6-11(16)3-4-12(9)15-13(8)7-10/h1-7,16H,14H2. The number of aromatic hydroxyl groups is 1. The van der Waals surface area contributed by atoms with E-state index in [1.165, 1.54) is 0 Å². The molecule has 0 amide bonds. The number of fused-ring (bicyclic) bond motifs is 2. The minimum absolute atomic E-state index is 0.254. The topological polar surface area (TPSA) is 59.1 Å². The van der Waals surface area contributed by atoms with Crippen LogP contribution >= 0.6 is 0 Å². The summed E-state index contributed by atoms with van der Waals surface area (Å²) in [4.78, 5) is 4.49. The Labute approximate surface area is 92.1 Å². The molecule has 0 spiro atoms. The molecule has 1 heterocycles. The molecular weight excluding hydrogens is 200 g/mol. The van der Waals surface area contributed by atoms with Gasteiger partial charge in [-0.2, -0.15) is 0 Å². The molecule has 3 nitrogen and oxygen atoms in total. The number of nitrogen functional groups attached to an aromatic ring is 1. The second-order valence-electron chi connectivity index (χ2n) is 3.82. The molecule has 0 aliphatic heterocycles. The van der Waals surface area contributed by atoms with Gasteiger partial charge in [0.2, 0.25) is 0 Å². The van der Waals surface area contributed by atoms with Gasteiger partial charge in [-0.3, -0.25) is 0 Å². The summed E-state index contributed by atoms with van der Waals surface area (Å²) in [5.41, 5.74) is 8.15. The average molecular weight is 210 g/mol. The number of benzene rings is 2. The quantitative estimate of drug-likeness (QED) is 0.443. The van der Waals surface area contributed by atoms with Crippen LogP contribution in [0.4, 0.5) is 5.69 Å². The van der Waals surface area contributed by atoms with Crippen LogP contribution in [0.25, 0.3) is 21.8 Å². The number of anilines is 1. The summed E-state index contributed by atoms with van der Waals surface area (Å²) in [5.74, 6) is 0.254. The number of hydrogen-bond acceptors (Lipinski definition) is 3. The molecule has 1 aromatic heterocycles. The van der Waals surface area contributed by atoms with E-state index in [9.17, 15) is 5.11 Å². The lowest BCUT2D eigenvalue weighted by molar-refractivity contribution is 0.476. The third-order valence-electron chi connectivity index (χ3n) is 2.62. The molecule has 0 unspecified atom stereocenters. The van der Waals surface area contributed by atoms with E-state index in [1.54, 1.807) is 18.2 Å². The maximum Gasteiger partial charge on any atom is 0.116 e. The van der Waals surface area contributed by atoms with Crippen LogP contribution in [-0.4, -0.2) is 10.1 Å². The van der Waals surface area contributed by atoms with Crippen LogP contribution in [0, 0.1) is 0 Å². The zero-order chi connectivity index (χ0) is 11.1. The Kier molecular flexibility index (Phi) is 1.74.